The van der Waals surface area contributed by atoms with Crippen LogP contribution >= 0.6 is 38.9 Å². The Labute approximate surface area is 151 Å². The van der Waals surface area contributed by atoms with E-state index in [2.05, 4.69) is 60.1 Å². The predicted molar refractivity (Wildman–Crippen MR) is 104 cm³/mol. The average Bonchev–Trinajstić information content (AvgIpc) is 2.68. The van der Waals surface area contributed by atoms with Crippen LogP contribution in [0, 0.1) is 0 Å². The van der Waals surface area contributed by atoms with Gasteiger partial charge in [-0.25, -0.2) is 0 Å². The number of benzene rings is 1. The van der Waals surface area contributed by atoms with E-state index in [1.165, 1.54) is 11.1 Å². The first kappa shape index (κ1) is 18.2. The molecule has 0 aliphatic carbocycles. The molecule has 0 atom stereocenters. The van der Waals surface area contributed by atoms with Gasteiger partial charge in [-0.3, -0.25) is 0 Å². The minimum absolute atomic E-state index is 0.0317. The molecule has 0 bridgehead atoms. The van der Waals surface area contributed by atoms with Gasteiger partial charge >= 0.3 is 0 Å². The minimum Gasteiger partial charge on any atom is -0.432 e. The Bertz CT molecular complexity index is 644. The lowest BCUT2D eigenvalue weighted by Gasteiger charge is -2.35. The second kappa shape index (κ2) is 6.77. The lowest BCUT2D eigenvalue weighted by molar-refractivity contribution is 0.467. The predicted octanol–water partition coefficient (Wildman–Crippen LogP) is 6.27. The lowest BCUT2D eigenvalue weighted by Crippen LogP contribution is -2.40. The SMILES string of the molecule is CC(C)(Cc1ccc(Cc2cc(Br)sc2Cl)cc1)[Si](C)(C)O. The lowest BCUT2D eigenvalue weighted by atomic mass is 9.99. The molecular formula is C17H22BrClOSSi. The highest BCUT2D eigenvalue weighted by atomic mass is 79.9. The summed E-state index contributed by atoms with van der Waals surface area (Å²) in [5.74, 6) is 0. The Balaban J connectivity index is 2.09. The van der Waals surface area contributed by atoms with E-state index in [-0.39, 0.29) is 5.04 Å². The molecule has 1 N–H and O–H groups in total. The first-order chi connectivity index (χ1) is 10.1. The van der Waals surface area contributed by atoms with E-state index in [4.69, 9.17) is 11.6 Å². The summed E-state index contributed by atoms with van der Waals surface area (Å²) < 4.78 is 1.92. The fourth-order valence-corrected chi connectivity index (χ4v) is 4.90. The van der Waals surface area contributed by atoms with Crippen LogP contribution in [0.1, 0.15) is 30.5 Å². The second-order valence-electron chi connectivity index (χ2n) is 6.96. The van der Waals surface area contributed by atoms with E-state index in [9.17, 15) is 4.80 Å². The standard InChI is InChI=1S/C17H22BrClOSSi/c1-17(2,22(3,4)20)11-13-7-5-12(6-8-13)9-14-10-15(18)21-16(14)19/h5-8,10,20H,9,11H2,1-4H3. The fraction of sp³-hybridized carbons (Fsp3) is 0.412. The van der Waals surface area contributed by atoms with Crippen LogP contribution < -0.4 is 0 Å². The first-order valence-corrected chi connectivity index (χ1v) is 12.3. The summed E-state index contributed by atoms with van der Waals surface area (Å²) >= 11 is 11.3. The topological polar surface area (TPSA) is 20.2 Å². The maximum atomic E-state index is 10.4. The smallest absolute Gasteiger partial charge is 0.188 e. The number of halogens is 2. The van der Waals surface area contributed by atoms with E-state index in [1.54, 1.807) is 11.3 Å². The highest BCUT2D eigenvalue weighted by Gasteiger charge is 2.37. The summed E-state index contributed by atoms with van der Waals surface area (Å²) in [6.07, 6.45) is 1.76. The quantitative estimate of drug-likeness (QED) is 0.568. The Morgan fingerprint density at radius 3 is 2.18 bits per heavy atom. The van der Waals surface area contributed by atoms with Crippen molar-refractivity contribution in [2.24, 2.45) is 0 Å². The van der Waals surface area contributed by atoms with Crippen LogP contribution in [0.25, 0.3) is 0 Å². The minimum atomic E-state index is -2.17. The van der Waals surface area contributed by atoms with Gasteiger partial charge in [-0.05, 0) is 69.7 Å². The van der Waals surface area contributed by atoms with E-state index < -0.39 is 8.32 Å². The molecule has 0 amide bonds. The van der Waals surface area contributed by atoms with Gasteiger partial charge in [-0.1, -0.05) is 49.7 Å². The van der Waals surface area contributed by atoms with E-state index >= 15 is 0 Å². The maximum Gasteiger partial charge on any atom is 0.188 e. The number of rotatable bonds is 5. The van der Waals surface area contributed by atoms with Crippen LogP contribution in [-0.4, -0.2) is 13.1 Å². The molecule has 0 spiro atoms. The monoisotopic (exact) mass is 416 g/mol. The summed E-state index contributed by atoms with van der Waals surface area (Å²) in [4.78, 5) is 10.4. The van der Waals surface area contributed by atoms with Gasteiger partial charge in [0.1, 0.15) is 0 Å². The molecule has 2 rings (SSSR count). The van der Waals surface area contributed by atoms with Crippen LogP contribution in [0.2, 0.25) is 22.5 Å². The van der Waals surface area contributed by atoms with E-state index in [1.807, 2.05) is 13.1 Å². The molecule has 0 saturated heterocycles. The van der Waals surface area contributed by atoms with E-state index in [0.29, 0.717) is 0 Å². The summed E-state index contributed by atoms with van der Waals surface area (Å²) in [5.41, 5.74) is 3.70. The first-order valence-electron chi connectivity index (χ1n) is 7.32. The van der Waals surface area contributed by atoms with Gasteiger partial charge in [-0.2, -0.15) is 0 Å². The van der Waals surface area contributed by atoms with Gasteiger partial charge in [-0.15, -0.1) is 11.3 Å². The third-order valence-corrected chi connectivity index (χ3v) is 9.88. The Morgan fingerprint density at radius 1 is 1.18 bits per heavy atom. The van der Waals surface area contributed by atoms with Gasteiger partial charge < -0.3 is 4.80 Å². The molecule has 1 aromatic carbocycles. The highest BCUT2D eigenvalue weighted by Crippen LogP contribution is 2.38. The zero-order chi connectivity index (χ0) is 16.5. The summed E-state index contributed by atoms with van der Waals surface area (Å²) in [6, 6.07) is 10.8. The molecule has 1 heterocycles. The zero-order valence-electron chi connectivity index (χ0n) is 13.4. The molecule has 0 saturated carbocycles. The van der Waals surface area contributed by atoms with Crippen molar-refractivity contribution in [1.29, 1.82) is 0 Å². The van der Waals surface area contributed by atoms with E-state index in [0.717, 1.165) is 26.5 Å². The molecule has 2 aromatic rings. The summed E-state index contributed by atoms with van der Waals surface area (Å²) in [6.45, 7) is 8.35. The van der Waals surface area contributed by atoms with Crippen molar-refractivity contribution < 1.29 is 4.80 Å². The van der Waals surface area contributed by atoms with Crippen molar-refractivity contribution in [3.8, 4) is 0 Å². The third-order valence-electron chi connectivity index (χ3n) is 4.45. The number of hydrogen-bond acceptors (Lipinski definition) is 2. The van der Waals surface area contributed by atoms with Gasteiger partial charge in [0.2, 0.25) is 0 Å². The third kappa shape index (κ3) is 4.45. The van der Waals surface area contributed by atoms with Gasteiger partial charge in [0.15, 0.2) is 8.32 Å². The molecule has 120 valence electrons. The summed E-state index contributed by atoms with van der Waals surface area (Å²) in [7, 11) is -2.17. The molecule has 0 fully saturated rings. The molecule has 5 heteroatoms. The van der Waals surface area contributed by atoms with Crippen LogP contribution in [0.4, 0.5) is 0 Å². The molecule has 0 unspecified atom stereocenters. The van der Waals surface area contributed by atoms with Crippen molar-refractivity contribution in [3.63, 3.8) is 0 Å². The van der Waals surface area contributed by atoms with Crippen LogP contribution in [0.15, 0.2) is 34.1 Å². The Morgan fingerprint density at radius 2 is 1.73 bits per heavy atom. The van der Waals surface area contributed by atoms with Crippen molar-refractivity contribution in [2.75, 3.05) is 0 Å². The van der Waals surface area contributed by atoms with Crippen molar-refractivity contribution in [1.82, 2.24) is 0 Å². The molecule has 1 aromatic heterocycles. The normalized spacial score (nSPS) is 12.7. The van der Waals surface area contributed by atoms with Crippen LogP contribution in [-0.2, 0) is 12.8 Å². The van der Waals surface area contributed by atoms with Crippen LogP contribution in [0.3, 0.4) is 0 Å². The number of thiophene rings is 1. The maximum absolute atomic E-state index is 10.4. The molecule has 0 aliphatic rings. The van der Waals surface area contributed by atoms with Crippen molar-refractivity contribution >= 4 is 47.2 Å². The number of hydrogen-bond donors (Lipinski definition) is 1. The van der Waals surface area contributed by atoms with Gasteiger partial charge in [0.25, 0.3) is 0 Å². The molecule has 0 radical (unpaired) electrons. The fourth-order valence-electron chi connectivity index (χ4n) is 2.22. The largest absolute Gasteiger partial charge is 0.432 e. The zero-order valence-corrected chi connectivity index (χ0v) is 17.6. The van der Waals surface area contributed by atoms with Gasteiger partial charge in [0.05, 0.1) is 8.12 Å². The molecular weight excluding hydrogens is 396 g/mol. The van der Waals surface area contributed by atoms with Crippen LogP contribution in [0.5, 0.6) is 0 Å². The Kier molecular flexibility index (Phi) is 5.61. The summed E-state index contributed by atoms with van der Waals surface area (Å²) in [5, 5.41) is -0.0317. The van der Waals surface area contributed by atoms with Crippen molar-refractivity contribution in [2.45, 2.75) is 44.8 Å². The van der Waals surface area contributed by atoms with Gasteiger partial charge in [0, 0.05) is 0 Å². The Hall–Kier alpha value is -0.133. The average molecular weight is 418 g/mol. The second-order valence-corrected chi connectivity index (χ2v) is 14.5. The molecule has 1 nitrogen and oxygen atoms in total. The molecule has 0 aliphatic heterocycles. The van der Waals surface area contributed by atoms with Crippen molar-refractivity contribution in [3.05, 3.63) is 55.1 Å². The molecule has 22 heavy (non-hydrogen) atoms. The highest BCUT2D eigenvalue weighted by molar-refractivity contribution is 9.11.